The molecule has 0 unspecified atom stereocenters. The van der Waals surface area contributed by atoms with Gasteiger partial charge in [-0.05, 0) is 24.1 Å². The molecule has 3 heterocycles. The van der Waals surface area contributed by atoms with Gasteiger partial charge in [-0.15, -0.1) is 0 Å². The van der Waals surface area contributed by atoms with Crippen molar-refractivity contribution < 1.29 is 9.59 Å². The molecule has 4 aromatic rings. The number of hydrogen-bond donors (Lipinski definition) is 0. The number of carbonyl (C=O) groups is 2. The van der Waals surface area contributed by atoms with E-state index in [1.54, 1.807) is 23.9 Å². The zero-order valence-electron chi connectivity index (χ0n) is 16.2. The van der Waals surface area contributed by atoms with Gasteiger partial charge in [0.2, 0.25) is 0 Å². The Morgan fingerprint density at radius 2 is 1.70 bits per heavy atom. The predicted octanol–water partition coefficient (Wildman–Crippen LogP) is 4.13. The second-order valence-corrected chi connectivity index (χ2v) is 7.66. The molecule has 7 heteroatoms. The molecule has 5 rings (SSSR count). The molecule has 30 heavy (non-hydrogen) atoms. The summed E-state index contributed by atoms with van der Waals surface area (Å²) in [5.74, 6) is -0.618. The number of benzene rings is 2. The predicted molar refractivity (Wildman–Crippen MR) is 114 cm³/mol. The molecule has 0 radical (unpaired) electrons. The molecule has 6 nitrogen and oxygen atoms in total. The Morgan fingerprint density at radius 3 is 2.43 bits per heavy atom. The summed E-state index contributed by atoms with van der Waals surface area (Å²) in [6.07, 6.45) is 2.08. The van der Waals surface area contributed by atoms with Gasteiger partial charge in [0.05, 0.1) is 16.5 Å². The summed E-state index contributed by atoms with van der Waals surface area (Å²) in [6, 6.07) is 17.0. The minimum Gasteiger partial charge on any atom is -0.274 e. The quantitative estimate of drug-likeness (QED) is 0.469. The third-order valence-electron chi connectivity index (χ3n) is 5.37. The van der Waals surface area contributed by atoms with Gasteiger partial charge in [-0.3, -0.25) is 14.5 Å². The first kappa shape index (κ1) is 18.5. The van der Waals surface area contributed by atoms with Crippen molar-refractivity contribution in [2.24, 2.45) is 7.05 Å². The number of fused-ring (bicyclic) bond motifs is 3. The van der Waals surface area contributed by atoms with Crippen molar-refractivity contribution in [3.8, 4) is 11.3 Å². The van der Waals surface area contributed by atoms with Crippen LogP contribution in [0.4, 0.5) is 0 Å². The van der Waals surface area contributed by atoms with Gasteiger partial charge in [0.15, 0.2) is 5.65 Å². The van der Waals surface area contributed by atoms with E-state index >= 15 is 0 Å². The lowest BCUT2D eigenvalue weighted by molar-refractivity contribution is 0.0656. The van der Waals surface area contributed by atoms with Crippen molar-refractivity contribution in [1.29, 1.82) is 0 Å². The van der Waals surface area contributed by atoms with Crippen LogP contribution in [0.15, 0.2) is 60.8 Å². The van der Waals surface area contributed by atoms with E-state index in [0.717, 1.165) is 11.1 Å². The van der Waals surface area contributed by atoms with E-state index in [9.17, 15) is 9.59 Å². The van der Waals surface area contributed by atoms with Crippen molar-refractivity contribution in [2.75, 3.05) is 6.54 Å². The third-order valence-corrected chi connectivity index (χ3v) is 5.62. The maximum atomic E-state index is 13.3. The Hall–Kier alpha value is -3.51. The summed E-state index contributed by atoms with van der Waals surface area (Å²) in [6.45, 7) is 0.314. The summed E-state index contributed by atoms with van der Waals surface area (Å²) >= 11 is 6.02. The van der Waals surface area contributed by atoms with Crippen molar-refractivity contribution in [1.82, 2.24) is 19.7 Å². The number of imide groups is 1. The molecule has 148 valence electrons. The molecule has 1 aliphatic heterocycles. The van der Waals surface area contributed by atoms with E-state index in [4.69, 9.17) is 11.6 Å². The lowest BCUT2D eigenvalue weighted by atomic mass is 10.0. The summed E-state index contributed by atoms with van der Waals surface area (Å²) in [5.41, 5.74) is 3.74. The number of halogens is 1. The zero-order chi connectivity index (χ0) is 20.8. The molecule has 0 atom stereocenters. The Kier molecular flexibility index (Phi) is 4.37. The maximum Gasteiger partial charge on any atom is 0.263 e. The van der Waals surface area contributed by atoms with Crippen LogP contribution in [0.1, 0.15) is 26.3 Å². The molecule has 0 saturated carbocycles. The van der Waals surface area contributed by atoms with Gasteiger partial charge in [-0.2, -0.15) is 5.10 Å². The molecule has 2 aromatic heterocycles. The molecule has 1 aliphatic rings. The summed E-state index contributed by atoms with van der Waals surface area (Å²) in [7, 11) is 1.77. The molecule has 2 aromatic carbocycles. The highest BCUT2D eigenvalue weighted by Gasteiger charge is 2.39. The fourth-order valence-electron chi connectivity index (χ4n) is 3.87. The molecular formula is C23H17ClN4O2. The van der Waals surface area contributed by atoms with E-state index in [2.05, 4.69) is 10.1 Å². The molecular weight excluding hydrogens is 400 g/mol. The SMILES string of the molecule is Cn1nc(-c2ccc(Cl)cc2)c2c3c(cnc21)C(=O)N(CCc1ccccc1)C3=O. The van der Waals surface area contributed by atoms with Gasteiger partial charge in [0.1, 0.15) is 5.69 Å². The van der Waals surface area contributed by atoms with Gasteiger partial charge in [-0.25, -0.2) is 9.67 Å². The van der Waals surface area contributed by atoms with Gasteiger partial charge >= 0.3 is 0 Å². The Morgan fingerprint density at radius 1 is 0.967 bits per heavy atom. The first-order valence-corrected chi connectivity index (χ1v) is 9.94. The Labute approximate surface area is 177 Å². The van der Waals surface area contributed by atoms with E-state index < -0.39 is 0 Å². The van der Waals surface area contributed by atoms with Crippen LogP contribution in [0.3, 0.4) is 0 Å². The third kappa shape index (κ3) is 2.88. The fraction of sp³-hybridized carbons (Fsp3) is 0.130. The molecule has 0 fully saturated rings. The highest BCUT2D eigenvalue weighted by atomic mass is 35.5. The monoisotopic (exact) mass is 416 g/mol. The zero-order valence-corrected chi connectivity index (χ0v) is 16.9. The minimum atomic E-state index is -0.314. The van der Waals surface area contributed by atoms with E-state index in [0.29, 0.717) is 45.8 Å². The number of rotatable bonds is 4. The normalized spacial score (nSPS) is 13.3. The molecule has 2 amide bonds. The minimum absolute atomic E-state index is 0.304. The lowest BCUT2D eigenvalue weighted by Gasteiger charge is -2.13. The van der Waals surface area contributed by atoms with Crippen molar-refractivity contribution in [3.05, 3.63) is 82.5 Å². The number of carbonyl (C=O) groups excluding carboxylic acids is 2. The van der Waals surface area contributed by atoms with Crippen LogP contribution in [-0.2, 0) is 13.5 Å². The molecule has 0 N–H and O–H groups in total. The van der Waals surface area contributed by atoms with Crippen molar-refractivity contribution in [3.63, 3.8) is 0 Å². The number of nitrogens with zero attached hydrogens (tertiary/aromatic N) is 4. The number of amides is 2. The van der Waals surface area contributed by atoms with Gasteiger partial charge < -0.3 is 0 Å². The summed E-state index contributed by atoms with van der Waals surface area (Å²) < 4.78 is 1.63. The molecule has 0 bridgehead atoms. The van der Waals surface area contributed by atoms with Gasteiger partial charge in [-0.1, -0.05) is 54.1 Å². The van der Waals surface area contributed by atoms with E-state index in [1.807, 2.05) is 42.5 Å². The van der Waals surface area contributed by atoms with Crippen LogP contribution < -0.4 is 0 Å². The highest BCUT2D eigenvalue weighted by molar-refractivity contribution is 6.30. The second-order valence-electron chi connectivity index (χ2n) is 7.22. The average Bonchev–Trinajstić information content (AvgIpc) is 3.22. The summed E-state index contributed by atoms with van der Waals surface area (Å²) in [5, 5.41) is 5.78. The molecule has 0 saturated heterocycles. The standard InChI is InChI=1S/C23H17ClN4O2/c1-27-21-19(20(26-27)15-7-9-16(24)10-8-15)18-17(13-25-21)22(29)28(23(18)30)12-11-14-5-3-2-4-6-14/h2-10,13H,11-12H2,1H3. The highest BCUT2D eigenvalue weighted by Crippen LogP contribution is 2.35. The first-order chi connectivity index (χ1) is 14.5. The number of pyridine rings is 1. The average molecular weight is 417 g/mol. The van der Waals surface area contributed by atoms with Gasteiger partial charge in [0, 0.05) is 30.4 Å². The topological polar surface area (TPSA) is 68.1 Å². The maximum absolute atomic E-state index is 13.3. The van der Waals surface area contributed by atoms with Crippen LogP contribution in [0, 0.1) is 0 Å². The number of aromatic nitrogens is 3. The summed E-state index contributed by atoms with van der Waals surface area (Å²) in [4.78, 5) is 32.0. The van der Waals surface area contributed by atoms with Crippen LogP contribution >= 0.6 is 11.6 Å². The van der Waals surface area contributed by atoms with Crippen LogP contribution in [0.25, 0.3) is 22.3 Å². The van der Waals surface area contributed by atoms with Crippen LogP contribution in [-0.4, -0.2) is 38.0 Å². The van der Waals surface area contributed by atoms with E-state index in [-0.39, 0.29) is 11.8 Å². The fourth-order valence-corrected chi connectivity index (χ4v) is 4.00. The molecule has 0 aliphatic carbocycles. The molecule has 0 spiro atoms. The smallest absolute Gasteiger partial charge is 0.263 e. The second kappa shape index (κ2) is 7.07. The van der Waals surface area contributed by atoms with Crippen molar-refractivity contribution in [2.45, 2.75) is 6.42 Å². The largest absolute Gasteiger partial charge is 0.274 e. The first-order valence-electron chi connectivity index (χ1n) is 9.56. The van der Waals surface area contributed by atoms with Crippen LogP contribution in [0.5, 0.6) is 0 Å². The number of hydrogen-bond acceptors (Lipinski definition) is 4. The van der Waals surface area contributed by atoms with Crippen molar-refractivity contribution >= 4 is 34.4 Å². The van der Waals surface area contributed by atoms with E-state index in [1.165, 1.54) is 11.1 Å². The Bertz CT molecular complexity index is 1300. The van der Waals surface area contributed by atoms with Crippen LogP contribution in [0.2, 0.25) is 5.02 Å². The number of aryl methyl sites for hydroxylation is 1. The lowest BCUT2D eigenvalue weighted by Crippen LogP contribution is -2.31. The Balaban J connectivity index is 1.59. The van der Waals surface area contributed by atoms with Gasteiger partial charge in [0.25, 0.3) is 11.8 Å².